The molecule has 0 saturated heterocycles. The van der Waals surface area contributed by atoms with Crippen LogP contribution in [-0.4, -0.2) is 12.1 Å². The summed E-state index contributed by atoms with van der Waals surface area (Å²) < 4.78 is 5.17. The molecule has 0 amide bonds. The molecule has 0 spiro atoms. The lowest BCUT2D eigenvalue weighted by Crippen LogP contribution is -1.91. The number of nitrogen functional groups attached to an aromatic ring is 1. The normalized spacial score (nSPS) is 10.1. The van der Waals surface area contributed by atoms with Gasteiger partial charge >= 0.3 is 0 Å². The molecule has 1 aromatic heterocycles. The molecule has 1 aromatic carbocycles. The predicted octanol–water partition coefficient (Wildman–Crippen LogP) is 2.82. The highest BCUT2D eigenvalue weighted by atomic mass is 32.2. The first-order valence-electron chi connectivity index (χ1n) is 4.81. The zero-order chi connectivity index (χ0) is 11.4. The largest absolute Gasteiger partial charge is 0.495 e. The minimum absolute atomic E-state index is 0.654. The average Bonchev–Trinajstić information content (AvgIpc) is 2.33. The molecule has 0 saturated carbocycles. The van der Waals surface area contributed by atoms with Crippen LogP contribution in [0.4, 0.5) is 5.69 Å². The Balaban J connectivity index is 2.22. The van der Waals surface area contributed by atoms with Gasteiger partial charge in [0.15, 0.2) is 0 Å². The smallest absolute Gasteiger partial charge is 0.142 e. The third-order valence-electron chi connectivity index (χ3n) is 2.09. The molecule has 1 heterocycles. The maximum absolute atomic E-state index is 5.75. The van der Waals surface area contributed by atoms with Crippen molar-refractivity contribution in [3.05, 3.63) is 42.7 Å². The molecule has 2 rings (SSSR count). The van der Waals surface area contributed by atoms with Gasteiger partial charge in [0.05, 0.1) is 12.8 Å². The Bertz CT molecular complexity index is 474. The molecule has 0 aliphatic rings. The lowest BCUT2D eigenvalue weighted by atomic mass is 10.3. The van der Waals surface area contributed by atoms with E-state index in [1.54, 1.807) is 31.3 Å². The van der Waals surface area contributed by atoms with Gasteiger partial charge in [0.1, 0.15) is 5.75 Å². The van der Waals surface area contributed by atoms with E-state index in [0.29, 0.717) is 11.4 Å². The van der Waals surface area contributed by atoms with Crippen molar-refractivity contribution < 1.29 is 4.74 Å². The molecular formula is C12H12N2OS. The molecule has 2 N–H and O–H groups in total. The summed E-state index contributed by atoms with van der Waals surface area (Å²) in [5, 5.41) is 0. The zero-order valence-electron chi connectivity index (χ0n) is 8.88. The fourth-order valence-corrected chi connectivity index (χ4v) is 2.13. The quantitative estimate of drug-likeness (QED) is 0.827. The second-order valence-corrected chi connectivity index (χ2v) is 4.34. The number of rotatable bonds is 3. The van der Waals surface area contributed by atoms with Gasteiger partial charge in [-0.25, -0.2) is 0 Å². The summed E-state index contributed by atoms with van der Waals surface area (Å²) in [6.45, 7) is 0. The van der Waals surface area contributed by atoms with Crippen LogP contribution in [0.25, 0.3) is 0 Å². The van der Waals surface area contributed by atoms with Gasteiger partial charge in [-0.1, -0.05) is 11.8 Å². The Morgan fingerprint density at radius 3 is 2.56 bits per heavy atom. The van der Waals surface area contributed by atoms with Crippen LogP contribution in [0.1, 0.15) is 0 Å². The average molecular weight is 232 g/mol. The van der Waals surface area contributed by atoms with Crippen molar-refractivity contribution in [3.63, 3.8) is 0 Å². The number of anilines is 1. The van der Waals surface area contributed by atoms with Crippen LogP contribution in [-0.2, 0) is 0 Å². The van der Waals surface area contributed by atoms with Gasteiger partial charge in [-0.05, 0) is 30.3 Å². The standard InChI is InChI=1S/C12H12N2OS/c1-15-12-8-10(2-3-11(12)13)16-9-4-6-14-7-5-9/h2-8H,13H2,1H3. The van der Waals surface area contributed by atoms with Crippen LogP contribution in [0.3, 0.4) is 0 Å². The summed E-state index contributed by atoms with van der Waals surface area (Å²) in [5.41, 5.74) is 6.40. The summed E-state index contributed by atoms with van der Waals surface area (Å²) in [6.07, 6.45) is 3.55. The number of nitrogens with two attached hydrogens (primary N) is 1. The number of aromatic nitrogens is 1. The fraction of sp³-hybridized carbons (Fsp3) is 0.0833. The van der Waals surface area contributed by atoms with Crippen molar-refractivity contribution in [2.75, 3.05) is 12.8 Å². The highest BCUT2D eigenvalue weighted by Crippen LogP contribution is 2.32. The van der Waals surface area contributed by atoms with E-state index in [1.165, 1.54) is 0 Å². The molecule has 82 valence electrons. The van der Waals surface area contributed by atoms with E-state index in [4.69, 9.17) is 10.5 Å². The zero-order valence-corrected chi connectivity index (χ0v) is 9.70. The van der Waals surface area contributed by atoms with Gasteiger partial charge in [0.2, 0.25) is 0 Å². The number of hydrogen-bond donors (Lipinski definition) is 1. The van der Waals surface area contributed by atoms with Gasteiger partial charge < -0.3 is 10.5 Å². The van der Waals surface area contributed by atoms with Gasteiger partial charge in [0, 0.05) is 22.2 Å². The van der Waals surface area contributed by atoms with Crippen molar-refractivity contribution >= 4 is 17.4 Å². The maximum atomic E-state index is 5.75. The molecule has 0 radical (unpaired) electrons. The van der Waals surface area contributed by atoms with Crippen molar-refractivity contribution in [2.24, 2.45) is 0 Å². The number of pyridine rings is 1. The van der Waals surface area contributed by atoms with Crippen LogP contribution in [0, 0.1) is 0 Å². The molecule has 0 aliphatic heterocycles. The van der Waals surface area contributed by atoms with Gasteiger partial charge in [-0.3, -0.25) is 4.98 Å². The van der Waals surface area contributed by atoms with Gasteiger partial charge in [0.25, 0.3) is 0 Å². The molecule has 0 aliphatic carbocycles. The number of benzene rings is 1. The van der Waals surface area contributed by atoms with Crippen LogP contribution in [0.15, 0.2) is 52.5 Å². The van der Waals surface area contributed by atoms with E-state index in [2.05, 4.69) is 4.98 Å². The number of hydrogen-bond acceptors (Lipinski definition) is 4. The van der Waals surface area contributed by atoms with Crippen LogP contribution in [0.5, 0.6) is 5.75 Å². The summed E-state index contributed by atoms with van der Waals surface area (Å²) in [4.78, 5) is 6.21. The second kappa shape index (κ2) is 4.90. The highest BCUT2D eigenvalue weighted by molar-refractivity contribution is 7.99. The molecule has 0 bridgehead atoms. The van der Waals surface area contributed by atoms with Crippen LogP contribution < -0.4 is 10.5 Å². The first-order chi connectivity index (χ1) is 7.79. The van der Waals surface area contributed by atoms with E-state index in [9.17, 15) is 0 Å². The van der Waals surface area contributed by atoms with E-state index in [0.717, 1.165) is 9.79 Å². The Labute approximate surface area is 98.6 Å². The SMILES string of the molecule is COc1cc(Sc2ccncc2)ccc1N. The number of nitrogens with zero attached hydrogens (tertiary/aromatic N) is 1. The predicted molar refractivity (Wildman–Crippen MR) is 65.8 cm³/mol. The summed E-state index contributed by atoms with van der Waals surface area (Å²) >= 11 is 1.65. The summed E-state index contributed by atoms with van der Waals surface area (Å²) in [7, 11) is 1.62. The molecule has 0 fully saturated rings. The molecule has 2 aromatic rings. The van der Waals surface area contributed by atoms with E-state index < -0.39 is 0 Å². The minimum atomic E-state index is 0.654. The maximum Gasteiger partial charge on any atom is 0.142 e. The molecule has 16 heavy (non-hydrogen) atoms. The topological polar surface area (TPSA) is 48.1 Å². The van der Waals surface area contributed by atoms with Crippen molar-refractivity contribution in [1.29, 1.82) is 0 Å². The first kappa shape index (κ1) is 10.8. The van der Waals surface area contributed by atoms with Crippen LogP contribution >= 0.6 is 11.8 Å². The van der Waals surface area contributed by atoms with E-state index in [-0.39, 0.29) is 0 Å². The van der Waals surface area contributed by atoms with E-state index in [1.807, 2.05) is 30.3 Å². The second-order valence-electron chi connectivity index (χ2n) is 3.19. The third-order valence-corrected chi connectivity index (χ3v) is 3.09. The minimum Gasteiger partial charge on any atom is -0.495 e. The summed E-state index contributed by atoms with van der Waals surface area (Å²) in [6, 6.07) is 9.69. The lowest BCUT2D eigenvalue weighted by Gasteiger charge is -2.06. The van der Waals surface area contributed by atoms with Crippen LogP contribution in [0.2, 0.25) is 0 Å². The highest BCUT2D eigenvalue weighted by Gasteiger charge is 2.02. The molecular weight excluding hydrogens is 220 g/mol. The monoisotopic (exact) mass is 232 g/mol. The Kier molecular flexibility index (Phi) is 3.31. The first-order valence-corrected chi connectivity index (χ1v) is 5.62. The number of ether oxygens (including phenoxy) is 1. The Morgan fingerprint density at radius 2 is 1.88 bits per heavy atom. The molecule has 0 unspecified atom stereocenters. The molecule has 0 atom stereocenters. The Hall–Kier alpha value is -1.68. The van der Waals surface area contributed by atoms with Crippen molar-refractivity contribution in [2.45, 2.75) is 9.79 Å². The van der Waals surface area contributed by atoms with Gasteiger partial charge in [-0.15, -0.1) is 0 Å². The Morgan fingerprint density at radius 1 is 1.12 bits per heavy atom. The van der Waals surface area contributed by atoms with Crippen molar-refractivity contribution in [1.82, 2.24) is 4.98 Å². The van der Waals surface area contributed by atoms with Gasteiger partial charge in [-0.2, -0.15) is 0 Å². The summed E-state index contributed by atoms with van der Waals surface area (Å²) in [5.74, 6) is 0.707. The molecule has 3 nitrogen and oxygen atoms in total. The number of methoxy groups -OCH3 is 1. The molecule has 4 heteroatoms. The lowest BCUT2D eigenvalue weighted by molar-refractivity contribution is 0.416. The third kappa shape index (κ3) is 2.46. The van der Waals surface area contributed by atoms with Crippen molar-refractivity contribution in [3.8, 4) is 5.75 Å². The fourth-order valence-electron chi connectivity index (χ4n) is 1.30. The van der Waals surface area contributed by atoms with E-state index >= 15 is 0 Å².